The van der Waals surface area contributed by atoms with E-state index in [0.717, 1.165) is 5.56 Å². The van der Waals surface area contributed by atoms with Crippen molar-refractivity contribution in [2.24, 2.45) is 0 Å². The Hall–Kier alpha value is -3.37. The van der Waals surface area contributed by atoms with Gasteiger partial charge in [0.1, 0.15) is 11.3 Å². The lowest BCUT2D eigenvalue weighted by Gasteiger charge is -2.18. The number of carbonyl (C=O) groups excluding carboxylic acids is 1. The first-order valence-corrected chi connectivity index (χ1v) is 9.51. The van der Waals surface area contributed by atoms with Crippen LogP contribution in [0.2, 0.25) is 5.02 Å². The molecule has 0 saturated carbocycles. The Morgan fingerprint density at radius 1 is 0.931 bits per heavy atom. The van der Waals surface area contributed by atoms with Crippen LogP contribution in [0.4, 0.5) is 0 Å². The smallest absolute Gasteiger partial charge is 0.343 e. The predicted molar refractivity (Wildman–Crippen MR) is 113 cm³/mol. The van der Waals surface area contributed by atoms with E-state index in [9.17, 15) is 14.7 Å². The summed E-state index contributed by atoms with van der Waals surface area (Å²) in [6.45, 7) is 0. The van der Waals surface area contributed by atoms with Crippen molar-refractivity contribution in [3.05, 3.63) is 111 Å². The monoisotopic (exact) mass is 404 g/mol. The Morgan fingerprint density at radius 2 is 1.59 bits per heavy atom. The summed E-state index contributed by atoms with van der Waals surface area (Å²) in [6.07, 6.45) is 0.00229. The first-order chi connectivity index (χ1) is 14.0. The van der Waals surface area contributed by atoms with Crippen LogP contribution in [0.1, 0.15) is 33.8 Å². The second kappa shape index (κ2) is 7.94. The van der Waals surface area contributed by atoms with Gasteiger partial charge in [-0.3, -0.25) is 4.79 Å². The molecule has 0 fully saturated rings. The fourth-order valence-corrected chi connectivity index (χ4v) is 3.59. The number of fused-ring (bicyclic) bond motifs is 1. The molecule has 1 aromatic heterocycles. The second-order valence-corrected chi connectivity index (χ2v) is 7.18. The summed E-state index contributed by atoms with van der Waals surface area (Å²) in [4.78, 5) is 25.7. The molecule has 0 aliphatic carbocycles. The summed E-state index contributed by atoms with van der Waals surface area (Å²) >= 11 is 5.91. The molecule has 0 bridgehead atoms. The highest BCUT2D eigenvalue weighted by Crippen LogP contribution is 2.36. The van der Waals surface area contributed by atoms with Crippen molar-refractivity contribution in [3.63, 3.8) is 0 Å². The van der Waals surface area contributed by atoms with E-state index >= 15 is 0 Å². The summed E-state index contributed by atoms with van der Waals surface area (Å²) in [6, 6.07) is 22.5. The van der Waals surface area contributed by atoms with Gasteiger partial charge in [0.05, 0.1) is 10.9 Å². The van der Waals surface area contributed by atoms with Crippen LogP contribution in [0, 0.1) is 0 Å². The first-order valence-electron chi connectivity index (χ1n) is 9.13. The molecule has 0 saturated heterocycles. The number of Topliss-reactive ketones (excluding diaryl/α,β-unsaturated/α-hetero) is 1. The molecule has 0 amide bonds. The SMILES string of the molecule is O=C(CC(c1ccccc1)c1c(O)c2ccccc2oc1=O)c1ccc(Cl)cc1. The van der Waals surface area contributed by atoms with Gasteiger partial charge in [-0.25, -0.2) is 4.79 Å². The van der Waals surface area contributed by atoms with Crippen LogP contribution >= 0.6 is 11.6 Å². The van der Waals surface area contributed by atoms with Crippen LogP contribution in [0.25, 0.3) is 11.0 Å². The normalized spacial score (nSPS) is 12.0. The van der Waals surface area contributed by atoms with Gasteiger partial charge in [-0.05, 0) is 42.0 Å². The lowest BCUT2D eigenvalue weighted by atomic mass is 9.85. The van der Waals surface area contributed by atoms with Gasteiger partial charge in [-0.1, -0.05) is 54.1 Å². The zero-order valence-corrected chi connectivity index (χ0v) is 16.1. The number of carbonyl (C=O) groups is 1. The number of ketones is 1. The number of para-hydroxylation sites is 1. The Labute approximate surface area is 172 Å². The molecule has 1 heterocycles. The minimum Gasteiger partial charge on any atom is -0.507 e. The van der Waals surface area contributed by atoms with E-state index < -0.39 is 11.5 Å². The summed E-state index contributed by atoms with van der Waals surface area (Å²) in [5, 5.41) is 11.9. The van der Waals surface area contributed by atoms with E-state index in [1.54, 1.807) is 48.5 Å². The minimum absolute atomic E-state index is 0.00229. The maximum absolute atomic E-state index is 12.9. The molecular weight excluding hydrogens is 388 g/mol. The van der Waals surface area contributed by atoms with E-state index in [0.29, 0.717) is 21.6 Å². The van der Waals surface area contributed by atoms with Crippen LogP contribution in [0.3, 0.4) is 0 Å². The third-order valence-electron chi connectivity index (χ3n) is 4.93. The maximum atomic E-state index is 12.9. The van der Waals surface area contributed by atoms with Crippen LogP contribution in [-0.4, -0.2) is 10.9 Å². The Morgan fingerprint density at radius 3 is 2.31 bits per heavy atom. The van der Waals surface area contributed by atoms with Gasteiger partial charge in [0, 0.05) is 22.9 Å². The van der Waals surface area contributed by atoms with Gasteiger partial charge >= 0.3 is 5.63 Å². The van der Waals surface area contributed by atoms with Gasteiger partial charge in [0.25, 0.3) is 0 Å². The fourth-order valence-electron chi connectivity index (χ4n) is 3.47. The minimum atomic E-state index is -0.654. The molecule has 0 aliphatic heterocycles. The maximum Gasteiger partial charge on any atom is 0.343 e. The molecule has 3 aromatic carbocycles. The third-order valence-corrected chi connectivity index (χ3v) is 5.18. The number of hydrogen-bond donors (Lipinski definition) is 1. The van der Waals surface area contributed by atoms with E-state index in [-0.39, 0.29) is 23.5 Å². The van der Waals surface area contributed by atoms with E-state index in [1.807, 2.05) is 30.3 Å². The molecule has 4 rings (SSSR count). The largest absolute Gasteiger partial charge is 0.507 e. The van der Waals surface area contributed by atoms with Crippen molar-refractivity contribution in [3.8, 4) is 5.75 Å². The van der Waals surface area contributed by atoms with Gasteiger partial charge in [-0.2, -0.15) is 0 Å². The Bertz CT molecular complexity index is 1230. The highest BCUT2D eigenvalue weighted by atomic mass is 35.5. The highest BCUT2D eigenvalue weighted by Gasteiger charge is 2.27. The lowest BCUT2D eigenvalue weighted by molar-refractivity contribution is 0.0977. The van der Waals surface area contributed by atoms with Crippen molar-refractivity contribution in [2.45, 2.75) is 12.3 Å². The third kappa shape index (κ3) is 3.80. The van der Waals surface area contributed by atoms with Gasteiger partial charge in [0.15, 0.2) is 5.78 Å². The van der Waals surface area contributed by atoms with E-state index in [4.69, 9.17) is 16.0 Å². The Kier molecular flexibility index (Phi) is 5.19. The molecule has 1 N–H and O–H groups in total. The topological polar surface area (TPSA) is 67.5 Å². The summed E-state index contributed by atoms with van der Waals surface area (Å²) in [5.41, 5.74) is 0.957. The average molecular weight is 405 g/mol. The molecule has 144 valence electrons. The number of rotatable bonds is 5. The summed E-state index contributed by atoms with van der Waals surface area (Å²) < 4.78 is 5.43. The van der Waals surface area contributed by atoms with Crippen LogP contribution in [0.15, 0.2) is 88.1 Å². The van der Waals surface area contributed by atoms with Crippen molar-refractivity contribution >= 4 is 28.4 Å². The second-order valence-electron chi connectivity index (χ2n) is 6.75. The molecule has 5 heteroatoms. The molecule has 1 atom stereocenters. The summed E-state index contributed by atoms with van der Waals surface area (Å²) in [5.74, 6) is -0.975. The van der Waals surface area contributed by atoms with Crippen LogP contribution in [-0.2, 0) is 0 Å². The quantitative estimate of drug-likeness (QED) is 0.349. The number of benzene rings is 3. The van der Waals surface area contributed by atoms with E-state index in [2.05, 4.69) is 0 Å². The molecule has 0 aliphatic rings. The summed E-state index contributed by atoms with van der Waals surface area (Å²) in [7, 11) is 0. The standard InChI is InChI=1S/C24H17ClO4/c25-17-12-10-16(11-13-17)20(26)14-19(15-6-2-1-3-7-15)22-23(27)18-8-4-5-9-21(18)29-24(22)28/h1-13,19,27H,14H2. The number of aromatic hydroxyl groups is 1. The molecule has 4 nitrogen and oxygen atoms in total. The van der Waals surface area contributed by atoms with Gasteiger partial charge < -0.3 is 9.52 Å². The van der Waals surface area contributed by atoms with Gasteiger partial charge in [0.2, 0.25) is 0 Å². The zero-order valence-electron chi connectivity index (χ0n) is 15.3. The van der Waals surface area contributed by atoms with Crippen LogP contribution in [0.5, 0.6) is 5.75 Å². The molecule has 1 unspecified atom stereocenters. The Balaban J connectivity index is 1.84. The molecule has 29 heavy (non-hydrogen) atoms. The van der Waals surface area contributed by atoms with Crippen molar-refractivity contribution < 1.29 is 14.3 Å². The number of halogens is 1. The van der Waals surface area contributed by atoms with Crippen molar-refractivity contribution in [2.75, 3.05) is 0 Å². The van der Waals surface area contributed by atoms with Crippen molar-refractivity contribution in [1.29, 1.82) is 0 Å². The van der Waals surface area contributed by atoms with Crippen LogP contribution < -0.4 is 5.63 Å². The van der Waals surface area contributed by atoms with Crippen molar-refractivity contribution in [1.82, 2.24) is 0 Å². The van der Waals surface area contributed by atoms with E-state index in [1.165, 1.54) is 0 Å². The molecule has 0 radical (unpaired) electrons. The molecule has 0 spiro atoms. The van der Waals surface area contributed by atoms with Gasteiger partial charge in [-0.15, -0.1) is 0 Å². The lowest BCUT2D eigenvalue weighted by Crippen LogP contribution is -2.17. The predicted octanol–water partition coefficient (Wildman–Crippen LogP) is 5.56. The molecular formula is C24H17ClO4. The first kappa shape index (κ1) is 19.0. The highest BCUT2D eigenvalue weighted by molar-refractivity contribution is 6.30. The average Bonchev–Trinajstić information content (AvgIpc) is 2.74. The molecule has 4 aromatic rings. The number of hydrogen-bond acceptors (Lipinski definition) is 4. The fraction of sp³-hybridized carbons (Fsp3) is 0.0833. The zero-order chi connectivity index (χ0) is 20.4.